The first-order valence-corrected chi connectivity index (χ1v) is 8.46. The van der Waals surface area contributed by atoms with Crippen LogP contribution in [0.3, 0.4) is 0 Å². The first-order valence-electron chi connectivity index (χ1n) is 8.08. The Morgan fingerprint density at radius 1 is 1.24 bits per heavy atom. The van der Waals surface area contributed by atoms with E-state index < -0.39 is 0 Å². The van der Waals surface area contributed by atoms with E-state index in [1.165, 1.54) is 0 Å². The van der Waals surface area contributed by atoms with Crippen LogP contribution in [0.4, 0.5) is 5.82 Å². The molecule has 128 valence electrons. The van der Waals surface area contributed by atoms with Crippen molar-refractivity contribution in [3.8, 4) is 11.4 Å². The molecule has 0 bridgehead atoms. The van der Waals surface area contributed by atoms with Gasteiger partial charge in [-0.15, -0.1) is 5.73 Å². The van der Waals surface area contributed by atoms with Crippen molar-refractivity contribution in [3.63, 3.8) is 0 Å². The Labute approximate surface area is 154 Å². The Kier molecular flexibility index (Phi) is 6.35. The Morgan fingerprint density at radius 3 is 2.48 bits per heavy atom. The molecule has 1 aromatic carbocycles. The van der Waals surface area contributed by atoms with Gasteiger partial charge >= 0.3 is 0 Å². The zero-order valence-corrected chi connectivity index (χ0v) is 15.6. The third-order valence-electron chi connectivity index (χ3n) is 3.73. The summed E-state index contributed by atoms with van der Waals surface area (Å²) in [5.74, 6) is 1.36. The Hall–Kier alpha value is -2.61. The molecule has 0 amide bonds. The molecule has 4 heteroatoms. The van der Waals surface area contributed by atoms with Gasteiger partial charge in [-0.1, -0.05) is 37.3 Å². The number of hydrogen-bond acceptors (Lipinski definition) is 3. The van der Waals surface area contributed by atoms with Crippen LogP contribution in [0.25, 0.3) is 11.4 Å². The summed E-state index contributed by atoms with van der Waals surface area (Å²) in [5, 5.41) is 3.95. The molecular formula is C21H22ClN3. The van der Waals surface area contributed by atoms with Crippen LogP contribution in [0, 0.1) is 0 Å². The van der Waals surface area contributed by atoms with E-state index in [1.54, 1.807) is 0 Å². The van der Waals surface area contributed by atoms with Crippen LogP contribution >= 0.6 is 11.6 Å². The van der Waals surface area contributed by atoms with Gasteiger partial charge in [0.25, 0.3) is 0 Å². The highest BCUT2D eigenvalue weighted by Crippen LogP contribution is 2.21. The molecule has 1 heterocycles. The van der Waals surface area contributed by atoms with Crippen molar-refractivity contribution >= 4 is 17.4 Å². The molecule has 0 aliphatic rings. The standard InChI is InChI=1S/C21H22ClN3/c1-6-18(12-15(5)14(3)4)23-20-13-19(7-2)24-21(25-20)16-8-10-17(22)11-9-16/h8-13H,1,3,7H2,2,4-5H3,(H,23,24,25)/b15-12-. The molecule has 0 atom stereocenters. The molecule has 0 saturated heterocycles. The monoisotopic (exact) mass is 351 g/mol. The number of anilines is 1. The van der Waals surface area contributed by atoms with Gasteiger partial charge in [0, 0.05) is 22.3 Å². The van der Waals surface area contributed by atoms with E-state index in [-0.39, 0.29) is 0 Å². The van der Waals surface area contributed by atoms with Crippen molar-refractivity contribution in [3.05, 3.63) is 82.9 Å². The fraction of sp³-hybridized carbons (Fsp3) is 0.190. The highest BCUT2D eigenvalue weighted by molar-refractivity contribution is 6.30. The van der Waals surface area contributed by atoms with Crippen molar-refractivity contribution in [2.24, 2.45) is 0 Å². The van der Waals surface area contributed by atoms with Crippen LogP contribution in [0.1, 0.15) is 26.5 Å². The van der Waals surface area contributed by atoms with Crippen molar-refractivity contribution in [2.45, 2.75) is 27.2 Å². The minimum Gasteiger partial charge on any atom is -0.334 e. The lowest BCUT2D eigenvalue weighted by Gasteiger charge is -2.10. The smallest absolute Gasteiger partial charge is 0.161 e. The van der Waals surface area contributed by atoms with Gasteiger partial charge in [0.2, 0.25) is 0 Å². The highest BCUT2D eigenvalue weighted by Gasteiger charge is 2.07. The molecule has 25 heavy (non-hydrogen) atoms. The van der Waals surface area contributed by atoms with Gasteiger partial charge in [-0.2, -0.15) is 0 Å². The summed E-state index contributed by atoms with van der Waals surface area (Å²) < 4.78 is 0. The summed E-state index contributed by atoms with van der Waals surface area (Å²) in [6, 6.07) is 9.42. The minimum atomic E-state index is 0.655. The van der Waals surface area contributed by atoms with E-state index in [9.17, 15) is 0 Å². The largest absolute Gasteiger partial charge is 0.334 e. The van der Waals surface area contributed by atoms with Gasteiger partial charge in [-0.05, 0) is 56.2 Å². The number of halogens is 1. The molecule has 0 aliphatic carbocycles. The van der Waals surface area contributed by atoms with Crippen LogP contribution in [-0.2, 0) is 6.42 Å². The predicted octanol–water partition coefficient (Wildman–Crippen LogP) is 5.96. The maximum atomic E-state index is 5.97. The lowest BCUT2D eigenvalue weighted by Crippen LogP contribution is -2.03. The number of nitrogens with one attached hydrogen (secondary N) is 1. The number of aromatic nitrogens is 2. The zero-order valence-electron chi connectivity index (χ0n) is 14.9. The van der Waals surface area contributed by atoms with Gasteiger partial charge in [0.1, 0.15) is 5.82 Å². The van der Waals surface area contributed by atoms with Crippen LogP contribution in [0.15, 0.2) is 72.1 Å². The van der Waals surface area contributed by atoms with Crippen molar-refractivity contribution in [2.75, 3.05) is 5.32 Å². The second-order valence-electron chi connectivity index (χ2n) is 5.75. The maximum Gasteiger partial charge on any atom is 0.161 e. The maximum absolute atomic E-state index is 5.97. The van der Waals surface area contributed by atoms with Crippen molar-refractivity contribution in [1.82, 2.24) is 9.97 Å². The first-order chi connectivity index (χ1) is 11.9. The number of rotatable bonds is 6. The molecule has 0 spiro atoms. The molecule has 2 rings (SSSR count). The molecule has 3 nitrogen and oxygen atoms in total. The third-order valence-corrected chi connectivity index (χ3v) is 3.98. The lowest BCUT2D eigenvalue weighted by atomic mass is 10.1. The zero-order chi connectivity index (χ0) is 18.4. The number of hydrogen-bond donors (Lipinski definition) is 1. The van der Waals surface area contributed by atoms with E-state index in [0.717, 1.165) is 34.5 Å². The third kappa shape index (κ3) is 5.18. The average molecular weight is 352 g/mol. The van der Waals surface area contributed by atoms with Gasteiger partial charge < -0.3 is 5.32 Å². The van der Waals surface area contributed by atoms with E-state index in [0.29, 0.717) is 16.7 Å². The Balaban J connectivity index is 2.39. The van der Waals surface area contributed by atoms with Crippen LogP contribution in [-0.4, -0.2) is 9.97 Å². The SMILES string of the molecule is C=C=C(/C=C(/C)C(=C)C)Nc1cc(CC)nc(-c2ccc(Cl)cc2)n1. The summed E-state index contributed by atoms with van der Waals surface area (Å²) in [7, 11) is 0. The van der Waals surface area contributed by atoms with Gasteiger partial charge in [-0.3, -0.25) is 0 Å². The number of allylic oxidation sites excluding steroid dienone is 3. The molecule has 0 aliphatic heterocycles. The molecule has 0 unspecified atom stereocenters. The number of nitrogens with zero attached hydrogens (tertiary/aromatic N) is 2. The summed E-state index contributed by atoms with van der Waals surface area (Å²) in [5.41, 5.74) is 7.56. The fourth-order valence-electron chi connectivity index (χ4n) is 2.08. The average Bonchev–Trinajstić information content (AvgIpc) is 2.61. The Morgan fingerprint density at radius 2 is 1.92 bits per heavy atom. The fourth-order valence-corrected chi connectivity index (χ4v) is 2.21. The summed E-state index contributed by atoms with van der Waals surface area (Å²) in [6.45, 7) is 13.7. The summed E-state index contributed by atoms with van der Waals surface area (Å²) >= 11 is 5.97. The molecule has 0 saturated carbocycles. The van der Waals surface area contributed by atoms with E-state index >= 15 is 0 Å². The summed E-state index contributed by atoms with van der Waals surface area (Å²) in [6.07, 6.45) is 2.76. The van der Waals surface area contributed by atoms with Crippen LogP contribution < -0.4 is 5.32 Å². The van der Waals surface area contributed by atoms with E-state index in [2.05, 4.69) is 41.1 Å². The van der Waals surface area contributed by atoms with E-state index in [4.69, 9.17) is 11.6 Å². The number of aryl methyl sites for hydroxylation is 1. The van der Waals surface area contributed by atoms with Crippen molar-refractivity contribution in [1.29, 1.82) is 0 Å². The molecular weight excluding hydrogens is 330 g/mol. The second-order valence-corrected chi connectivity index (χ2v) is 6.19. The van der Waals surface area contributed by atoms with Crippen molar-refractivity contribution < 1.29 is 0 Å². The Bertz CT molecular complexity index is 857. The van der Waals surface area contributed by atoms with Gasteiger partial charge in [0.05, 0.1) is 5.70 Å². The quantitative estimate of drug-likeness (QED) is 0.515. The minimum absolute atomic E-state index is 0.655. The van der Waals surface area contributed by atoms with Gasteiger partial charge in [-0.25, -0.2) is 9.97 Å². The molecule has 0 radical (unpaired) electrons. The highest BCUT2D eigenvalue weighted by atomic mass is 35.5. The molecule has 0 fully saturated rings. The lowest BCUT2D eigenvalue weighted by molar-refractivity contribution is 1.01. The summed E-state index contributed by atoms with van der Waals surface area (Å²) in [4.78, 5) is 9.22. The molecule has 1 N–H and O–H groups in total. The second kappa shape index (κ2) is 8.48. The van der Waals surface area contributed by atoms with Crippen LogP contribution in [0.5, 0.6) is 0 Å². The topological polar surface area (TPSA) is 37.8 Å². The molecule has 1 aromatic heterocycles. The number of benzene rings is 1. The van der Waals surface area contributed by atoms with E-state index in [1.807, 2.05) is 50.3 Å². The predicted molar refractivity (Wildman–Crippen MR) is 107 cm³/mol. The van der Waals surface area contributed by atoms with Crippen LogP contribution in [0.2, 0.25) is 5.02 Å². The van der Waals surface area contributed by atoms with Gasteiger partial charge in [0.15, 0.2) is 5.82 Å². The normalized spacial score (nSPS) is 11.0. The first kappa shape index (κ1) is 18.7. The molecule has 2 aromatic rings.